The van der Waals surface area contributed by atoms with Crippen molar-refractivity contribution in [3.05, 3.63) is 18.6 Å². The van der Waals surface area contributed by atoms with Crippen LogP contribution in [-0.2, 0) is 4.74 Å². The Bertz CT molecular complexity index is 666. The van der Waals surface area contributed by atoms with Gasteiger partial charge in [0.2, 0.25) is 0 Å². The fraction of sp³-hybridized carbons (Fsp3) is 0.500. The second-order valence-electron chi connectivity index (χ2n) is 5.00. The third-order valence-corrected chi connectivity index (χ3v) is 3.78. The number of hydrogen-bond donors (Lipinski definition) is 4. The van der Waals surface area contributed by atoms with Crippen LogP contribution in [0.2, 0.25) is 0 Å². The van der Waals surface area contributed by atoms with Gasteiger partial charge in [0, 0.05) is 6.20 Å². The van der Waals surface area contributed by atoms with Crippen molar-refractivity contribution in [2.45, 2.75) is 24.0 Å². The minimum Gasteiger partial charge on any atom is -0.394 e. The predicted octanol–water partition coefficient (Wildman–Crippen LogP) is -1.04. The second-order valence-corrected chi connectivity index (χ2v) is 5.00. The van der Waals surface area contributed by atoms with Gasteiger partial charge in [0.15, 0.2) is 11.8 Å². The largest absolute Gasteiger partial charge is 0.394 e. The number of hydrogen-bond acceptors (Lipinski definition) is 7. The highest BCUT2D eigenvalue weighted by Gasteiger charge is 2.56. The van der Waals surface area contributed by atoms with Gasteiger partial charge in [-0.1, -0.05) is 0 Å². The van der Waals surface area contributed by atoms with Crippen molar-refractivity contribution in [1.82, 2.24) is 14.5 Å². The van der Waals surface area contributed by atoms with E-state index in [1.54, 1.807) is 6.07 Å². The number of alkyl halides is 1. The van der Waals surface area contributed by atoms with Gasteiger partial charge in [-0.25, -0.2) is 14.4 Å². The van der Waals surface area contributed by atoms with Gasteiger partial charge in [-0.15, -0.1) is 0 Å². The summed E-state index contributed by atoms with van der Waals surface area (Å²) >= 11 is 0. The highest BCUT2D eigenvalue weighted by molar-refractivity contribution is 5.86. The van der Waals surface area contributed by atoms with Crippen molar-refractivity contribution in [1.29, 1.82) is 0 Å². The standard InChI is InChI=1S/C12H15FN4O4/c13-4-12(20)8(19)7(3-18)21-11(12)17-2-1-6-9(14)15-5-16-10(6)17/h1-2,5,7-8,11,18-20H,3-4H2,(H2,14,15,16)/t7-,8-,11?,12-/m1/s1. The van der Waals surface area contributed by atoms with Gasteiger partial charge in [0.25, 0.3) is 0 Å². The van der Waals surface area contributed by atoms with Gasteiger partial charge >= 0.3 is 0 Å². The summed E-state index contributed by atoms with van der Waals surface area (Å²) in [6.07, 6.45) is -1.15. The molecule has 21 heavy (non-hydrogen) atoms. The number of nitrogens with zero attached hydrogens (tertiary/aromatic N) is 3. The first kappa shape index (κ1) is 14.1. The number of aromatic nitrogens is 3. The molecule has 0 amide bonds. The summed E-state index contributed by atoms with van der Waals surface area (Å²) in [4.78, 5) is 7.87. The summed E-state index contributed by atoms with van der Waals surface area (Å²) in [6.45, 7) is -1.79. The Morgan fingerprint density at radius 2 is 2.24 bits per heavy atom. The monoisotopic (exact) mass is 298 g/mol. The van der Waals surface area contributed by atoms with Gasteiger partial charge in [-0.3, -0.25) is 0 Å². The lowest BCUT2D eigenvalue weighted by atomic mass is 9.95. The topological polar surface area (TPSA) is 127 Å². The number of aliphatic hydroxyl groups excluding tert-OH is 2. The van der Waals surface area contributed by atoms with E-state index in [2.05, 4.69) is 9.97 Å². The minimum atomic E-state index is -2.18. The number of halogens is 1. The van der Waals surface area contributed by atoms with E-state index >= 15 is 0 Å². The summed E-state index contributed by atoms with van der Waals surface area (Å²) in [6, 6.07) is 1.60. The van der Waals surface area contributed by atoms with E-state index in [-0.39, 0.29) is 5.82 Å². The number of fused-ring (bicyclic) bond motifs is 1. The molecule has 3 heterocycles. The highest BCUT2D eigenvalue weighted by Crippen LogP contribution is 2.40. The van der Waals surface area contributed by atoms with Crippen LogP contribution in [0.15, 0.2) is 18.6 Å². The predicted molar refractivity (Wildman–Crippen MR) is 69.9 cm³/mol. The molecule has 5 N–H and O–H groups in total. The zero-order chi connectivity index (χ0) is 15.2. The number of nitrogen functional groups attached to an aromatic ring is 1. The molecule has 1 aliphatic rings. The zero-order valence-electron chi connectivity index (χ0n) is 10.9. The molecule has 9 heteroatoms. The lowest BCUT2D eigenvalue weighted by Gasteiger charge is -2.28. The van der Waals surface area contributed by atoms with Crippen LogP contribution in [0.1, 0.15) is 6.23 Å². The maximum absolute atomic E-state index is 13.3. The first-order valence-corrected chi connectivity index (χ1v) is 6.32. The summed E-state index contributed by atoms with van der Waals surface area (Å²) in [5.74, 6) is 0.236. The highest BCUT2D eigenvalue weighted by atomic mass is 19.1. The van der Waals surface area contributed by atoms with Gasteiger partial charge in [0.05, 0.1) is 12.0 Å². The third-order valence-electron chi connectivity index (χ3n) is 3.78. The van der Waals surface area contributed by atoms with E-state index in [4.69, 9.17) is 15.6 Å². The number of rotatable bonds is 3. The second kappa shape index (κ2) is 4.88. The van der Waals surface area contributed by atoms with E-state index in [0.29, 0.717) is 11.0 Å². The van der Waals surface area contributed by atoms with Crippen molar-refractivity contribution in [2.24, 2.45) is 0 Å². The van der Waals surface area contributed by atoms with Crippen molar-refractivity contribution in [3.8, 4) is 0 Å². The van der Waals surface area contributed by atoms with E-state index in [1.165, 1.54) is 17.1 Å². The molecule has 0 spiro atoms. The molecule has 1 saturated heterocycles. The molecule has 0 radical (unpaired) electrons. The Morgan fingerprint density at radius 1 is 1.48 bits per heavy atom. The molecule has 2 aromatic heterocycles. The Labute approximate surface area is 118 Å². The van der Waals surface area contributed by atoms with E-state index < -0.39 is 37.3 Å². The molecule has 1 fully saturated rings. The van der Waals surface area contributed by atoms with Crippen molar-refractivity contribution in [3.63, 3.8) is 0 Å². The molecule has 1 aliphatic heterocycles. The Hall–Kier alpha value is -1.81. The molecule has 4 atom stereocenters. The van der Waals surface area contributed by atoms with Gasteiger partial charge in [0.1, 0.15) is 36.7 Å². The zero-order valence-corrected chi connectivity index (χ0v) is 10.9. The first-order chi connectivity index (χ1) is 10.0. The minimum absolute atomic E-state index is 0.236. The Balaban J connectivity index is 2.11. The lowest BCUT2D eigenvalue weighted by Crippen LogP contribution is -2.48. The normalized spacial score (nSPS) is 32.9. The summed E-state index contributed by atoms with van der Waals surface area (Å²) in [7, 11) is 0. The Morgan fingerprint density at radius 3 is 2.90 bits per heavy atom. The van der Waals surface area contributed by atoms with Crippen LogP contribution in [0.4, 0.5) is 10.2 Å². The molecule has 2 aromatic rings. The molecule has 0 aliphatic carbocycles. The van der Waals surface area contributed by atoms with Crippen molar-refractivity contribution in [2.75, 3.05) is 19.0 Å². The maximum Gasteiger partial charge on any atom is 0.169 e. The quantitative estimate of drug-likeness (QED) is 0.570. The van der Waals surface area contributed by atoms with Crippen LogP contribution in [0.3, 0.4) is 0 Å². The van der Waals surface area contributed by atoms with Crippen LogP contribution in [0.5, 0.6) is 0 Å². The number of anilines is 1. The van der Waals surface area contributed by atoms with Crippen LogP contribution < -0.4 is 5.73 Å². The third kappa shape index (κ3) is 1.89. The Kier molecular flexibility index (Phi) is 3.29. The molecule has 0 saturated carbocycles. The van der Waals surface area contributed by atoms with Gasteiger partial charge in [-0.05, 0) is 6.07 Å². The van der Waals surface area contributed by atoms with Crippen LogP contribution >= 0.6 is 0 Å². The molecule has 8 nitrogen and oxygen atoms in total. The van der Waals surface area contributed by atoms with E-state index in [9.17, 15) is 14.6 Å². The van der Waals surface area contributed by atoms with Crippen molar-refractivity contribution < 1.29 is 24.4 Å². The molecule has 0 bridgehead atoms. The smallest absolute Gasteiger partial charge is 0.169 e. The van der Waals surface area contributed by atoms with Crippen LogP contribution in [0.25, 0.3) is 11.0 Å². The fourth-order valence-corrected chi connectivity index (χ4v) is 2.60. The maximum atomic E-state index is 13.3. The SMILES string of the molecule is Nc1ncnc2c1ccn2C1O[C@H](CO)[C@@H](O)[C@]1(O)CF. The molecule has 114 valence electrons. The molecule has 3 rings (SSSR count). The van der Waals surface area contributed by atoms with Crippen LogP contribution in [0, 0.1) is 0 Å². The van der Waals surface area contributed by atoms with E-state index in [0.717, 1.165) is 0 Å². The molecular formula is C12H15FN4O4. The average Bonchev–Trinajstić information content (AvgIpc) is 3.01. The van der Waals surface area contributed by atoms with E-state index in [1.807, 2.05) is 0 Å². The average molecular weight is 298 g/mol. The number of nitrogens with two attached hydrogens (primary N) is 1. The lowest BCUT2D eigenvalue weighted by molar-refractivity contribution is -0.118. The molecular weight excluding hydrogens is 283 g/mol. The fourth-order valence-electron chi connectivity index (χ4n) is 2.60. The summed E-state index contributed by atoms with van der Waals surface area (Å²) in [5, 5.41) is 30.0. The molecule has 1 unspecified atom stereocenters. The van der Waals surface area contributed by atoms with Gasteiger partial charge in [-0.2, -0.15) is 0 Å². The van der Waals surface area contributed by atoms with Gasteiger partial charge < -0.3 is 30.4 Å². The number of ether oxygens (including phenoxy) is 1. The summed E-state index contributed by atoms with van der Waals surface area (Å²) in [5.41, 5.74) is 3.87. The number of aliphatic hydroxyl groups is 3. The van der Waals surface area contributed by atoms with Crippen molar-refractivity contribution >= 4 is 16.9 Å². The van der Waals surface area contributed by atoms with Crippen LogP contribution in [-0.4, -0.2) is 60.9 Å². The molecule has 0 aromatic carbocycles. The first-order valence-electron chi connectivity index (χ1n) is 6.32. The summed E-state index contributed by atoms with van der Waals surface area (Å²) < 4.78 is 20.1.